The van der Waals surface area contributed by atoms with E-state index in [1.807, 2.05) is 0 Å². The van der Waals surface area contributed by atoms with E-state index in [-0.39, 0.29) is 35.5 Å². The third-order valence-corrected chi connectivity index (χ3v) is 6.16. The number of nitro benzene ring substituents is 1. The first-order valence-electron chi connectivity index (χ1n) is 8.13. The minimum absolute atomic E-state index is 0.0955. The second kappa shape index (κ2) is 9.81. The van der Waals surface area contributed by atoms with Gasteiger partial charge < -0.3 is 4.74 Å². The molecular weight excluding hydrogens is 471 g/mol. The van der Waals surface area contributed by atoms with E-state index in [1.54, 1.807) is 6.26 Å². The number of hydrogen-bond acceptors (Lipinski definition) is 7. The molecule has 0 aliphatic carbocycles. The molecule has 8 nitrogen and oxygen atoms in total. The number of non-ortho nitro benzene ring substituents is 1. The van der Waals surface area contributed by atoms with E-state index in [0.29, 0.717) is 0 Å². The molecule has 0 radical (unpaired) electrons. The SMILES string of the molecule is CSc1cc(C(F)(F)F)cc(OCCCNS(=O)(=O)c2cc([N+](=O)[O-])ccc2Cl)n1. The van der Waals surface area contributed by atoms with Crippen molar-refractivity contribution in [2.75, 3.05) is 19.4 Å². The van der Waals surface area contributed by atoms with Gasteiger partial charge in [0.25, 0.3) is 5.69 Å². The second-order valence-electron chi connectivity index (χ2n) is 5.71. The zero-order valence-electron chi connectivity index (χ0n) is 15.3. The predicted molar refractivity (Wildman–Crippen MR) is 104 cm³/mol. The van der Waals surface area contributed by atoms with E-state index >= 15 is 0 Å². The normalized spacial score (nSPS) is 12.0. The Hall–Kier alpha value is -2.09. The molecule has 0 amide bonds. The highest BCUT2D eigenvalue weighted by Crippen LogP contribution is 2.33. The lowest BCUT2D eigenvalue weighted by molar-refractivity contribution is -0.385. The maximum atomic E-state index is 12.9. The average molecular weight is 486 g/mol. The van der Waals surface area contributed by atoms with Crippen molar-refractivity contribution in [3.05, 3.63) is 51.0 Å². The van der Waals surface area contributed by atoms with Crippen LogP contribution >= 0.6 is 23.4 Å². The van der Waals surface area contributed by atoms with E-state index in [9.17, 15) is 31.7 Å². The van der Waals surface area contributed by atoms with Crippen molar-refractivity contribution < 1.29 is 31.2 Å². The lowest BCUT2D eigenvalue weighted by Gasteiger charge is -2.12. The van der Waals surface area contributed by atoms with E-state index in [2.05, 4.69) is 9.71 Å². The molecule has 0 aliphatic rings. The third kappa shape index (κ3) is 6.45. The van der Waals surface area contributed by atoms with Crippen LogP contribution in [-0.2, 0) is 16.2 Å². The highest BCUT2D eigenvalue weighted by atomic mass is 35.5. The average Bonchev–Trinajstić information content (AvgIpc) is 2.66. The van der Waals surface area contributed by atoms with Gasteiger partial charge in [-0.3, -0.25) is 10.1 Å². The van der Waals surface area contributed by atoms with Crippen molar-refractivity contribution in [2.24, 2.45) is 0 Å². The van der Waals surface area contributed by atoms with Gasteiger partial charge in [-0.15, -0.1) is 11.8 Å². The zero-order chi connectivity index (χ0) is 22.5. The van der Waals surface area contributed by atoms with Gasteiger partial charge in [0.15, 0.2) is 0 Å². The Bertz CT molecular complexity index is 1040. The number of hydrogen-bond donors (Lipinski definition) is 1. The van der Waals surface area contributed by atoms with Gasteiger partial charge in [-0.05, 0) is 24.8 Å². The summed E-state index contributed by atoms with van der Waals surface area (Å²) in [6.45, 7) is -0.261. The van der Waals surface area contributed by atoms with Gasteiger partial charge >= 0.3 is 6.18 Å². The van der Waals surface area contributed by atoms with Crippen LogP contribution in [-0.4, -0.2) is 37.7 Å². The molecule has 2 aromatic rings. The van der Waals surface area contributed by atoms with Crippen molar-refractivity contribution in [3.63, 3.8) is 0 Å². The molecule has 1 heterocycles. The van der Waals surface area contributed by atoms with Gasteiger partial charge in [0.05, 0.1) is 22.1 Å². The molecule has 0 saturated carbocycles. The lowest BCUT2D eigenvalue weighted by Crippen LogP contribution is -2.26. The van der Waals surface area contributed by atoms with Crippen LogP contribution in [0.3, 0.4) is 0 Å². The summed E-state index contributed by atoms with van der Waals surface area (Å²) in [5.41, 5.74) is -1.35. The first-order chi connectivity index (χ1) is 13.9. The minimum Gasteiger partial charge on any atom is -0.478 e. The molecule has 0 aliphatic heterocycles. The van der Waals surface area contributed by atoms with Crippen LogP contribution in [0, 0.1) is 10.1 Å². The fraction of sp³-hybridized carbons (Fsp3) is 0.312. The molecule has 0 saturated heterocycles. The summed E-state index contributed by atoms with van der Waals surface area (Å²) in [5.74, 6) is -0.237. The number of halogens is 4. The molecule has 2 rings (SSSR count). The number of nitrogens with zero attached hydrogens (tertiary/aromatic N) is 2. The van der Waals surface area contributed by atoms with Crippen LogP contribution < -0.4 is 9.46 Å². The minimum atomic E-state index is -4.56. The van der Waals surface area contributed by atoms with Crippen molar-refractivity contribution >= 4 is 39.1 Å². The van der Waals surface area contributed by atoms with Gasteiger partial charge in [0, 0.05) is 24.7 Å². The van der Waals surface area contributed by atoms with E-state index in [1.165, 1.54) is 0 Å². The van der Waals surface area contributed by atoms with Crippen LogP contribution in [0.4, 0.5) is 18.9 Å². The fourth-order valence-electron chi connectivity index (χ4n) is 2.17. The molecule has 0 bridgehead atoms. The third-order valence-electron chi connectivity index (χ3n) is 3.59. The zero-order valence-corrected chi connectivity index (χ0v) is 17.7. The number of nitro groups is 1. The van der Waals surface area contributed by atoms with Crippen molar-refractivity contribution in [1.82, 2.24) is 9.71 Å². The molecule has 1 N–H and O–H groups in total. The maximum absolute atomic E-state index is 12.9. The number of ether oxygens (including phenoxy) is 1. The molecule has 0 fully saturated rings. The fourth-order valence-corrected chi connectivity index (χ4v) is 4.19. The first-order valence-corrected chi connectivity index (χ1v) is 11.2. The van der Waals surface area contributed by atoms with Gasteiger partial charge in [-0.1, -0.05) is 11.6 Å². The first kappa shape index (κ1) is 24.2. The Labute approximate surface area is 179 Å². The Kier molecular flexibility index (Phi) is 7.91. The molecule has 164 valence electrons. The Morgan fingerprint density at radius 2 is 2.00 bits per heavy atom. The van der Waals surface area contributed by atoms with E-state index in [4.69, 9.17) is 16.3 Å². The standard InChI is InChI=1S/C16H15ClF3N3O5S2/c1-29-15-8-10(16(18,19)20)7-14(22-15)28-6-2-5-21-30(26,27)13-9-11(23(24)25)3-4-12(13)17/h3-4,7-9,21H,2,5-6H2,1H3. The molecule has 30 heavy (non-hydrogen) atoms. The number of alkyl halides is 3. The Balaban J connectivity index is 1.97. The largest absolute Gasteiger partial charge is 0.478 e. The molecule has 0 unspecified atom stereocenters. The second-order valence-corrected chi connectivity index (χ2v) is 8.67. The Morgan fingerprint density at radius 3 is 2.60 bits per heavy atom. The topological polar surface area (TPSA) is 111 Å². The monoisotopic (exact) mass is 485 g/mol. The van der Waals surface area contributed by atoms with Gasteiger partial charge in [0.1, 0.15) is 9.92 Å². The highest BCUT2D eigenvalue weighted by molar-refractivity contribution is 7.98. The summed E-state index contributed by atoms with van der Waals surface area (Å²) < 4.78 is 70.7. The number of sulfonamides is 1. The number of rotatable bonds is 9. The predicted octanol–water partition coefficient (Wildman–Crippen LogP) is 4.13. The lowest BCUT2D eigenvalue weighted by atomic mass is 10.2. The maximum Gasteiger partial charge on any atom is 0.416 e. The van der Waals surface area contributed by atoms with Gasteiger partial charge in [-0.25, -0.2) is 18.1 Å². The summed E-state index contributed by atoms with van der Waals surface area (Å²) in [6.07, 6.45) is -2.89. The van der Waals surface area contributed by atoms with Crippen LogP contribution in [0.1, 0.15) is 12.0 Å². The van der Waals surface area contributed by atoms with Crippen LogP contribution in [0.2, 0.25) is 5.02 Å². The number of nitrogens with one attached hydrogen (secondary N) is 1. The number of pyridine rings is 1. The molecule has 1 aromatic carbocycles. The summed E-state index contributed by atoms with van der Waals surface area (Å²) in [4.78, 5) is 13.5. The molecule has 14 heteroatoms. The summed E-state index contributed by atoms with van der Waals surface area (Å²) in [6, 6.07) is 4.65. The van der Waals surface area contributed by atoms with Gasteiger partial charge in [-0.2, -0.15) is 13.2 Å². The van der Waals surface area contributed by atoms with E-state index in [0.717, 1.165) is 42.1 Å². The van der Waals surface area contributed by atoms with Crippen LogP contribution in [0.15, 0.2) is 40.3 Å². The van der Waals surface area contributed by atoms with Crippen LogP contribution in [0.5, 0.6) is 5.88 Å². The number of benzene rings is 1. The highest BCUT2D eigenvalue weighted by Gasteiger charge is 2.32. The summed E-state index contributed by atoms with van der Waals surface area (Å²) in [5, 5.41) is 10.7. The Morgan fingerprint density at radius 1 is 1.30 bits per heavy atom. The molecule has 1 aromatic heterocycles. The van der Waals surface area contributed by atoms with Crippen molar-refractivity contribution in [2.45, 2.75) is 22.5 Å². The quantitative estimate of drug-likeness (QED) is 0.246. The van der Waals surface area contributed by atoms with Crippen LogP contribution in [0.25, 0.3) is 0 Å². The van der Waals surface area contributed by atoms with E-state index < -0.39 is 37.3 Å². The summed E-state index contributed by atoms with van der Waals surface area (Å²) >= 11 is 6.84. The molecular formula is C16H15ClF3N3O5S2. The smallest absolute Gasteiger partial charge is 0.416 e. The van der Waals surface area contributed by atoms with Gasteiger partial charge in [0.2, 0.25) is 15.9 Å². The number of thioether (sulfide) groups is 1. The van der Waals surface area contributed by atoms with Crippen molar-refractivity contribution in [3.8, 4) is 5.88 Å². The number of aromatic nitrogens is 1. The van der Waals surface area contributed by atoms with Crippen molar-refractivity contribution in [1.29, 1.82) is 0 Å². The molecule has 0 spiro atoms. The summed E-state index contributed by atoms with van der Waals surface area (Å²) in [7, 11) is -4.14. The molecule has 0 atom stereocenters.